The molecule has 0 atom stereocenters. The van der Waals surface area contributed by atoms with Crippen molar-refractivity contribution in [1.82, 2.24) is 9.97 Å². The van der Waals surface area contributed by atoms with Gasteiger partial charge in [-0.1, -0.05) is 11.6 Å². The maximum atomic E-state index is 13.1. The molecule has 0 aliphatic carbocycles. The summed E-state index contributed by atoms with van der Waals surface area (Å²) in [4.78, 5) is 7.58. The Morgan fingerprint density at radius 2 is 2.18 bits per heavy atom. The predicted octanol–water partition coefficient (Wildman–Crippen LogP) is 2.93. The lowest BCUT2D eigenvalue weighted by Gasteiger charge is -2.03. The molecule has 0 aliphatic heterocycles. The van der Waals surface area contributed by atoms with Crippen molar-refractivity contribution in [2.75, 3.05) is 0 Å². The maximum Gasteiger partial charge on any atom is 0.323 e. The van der Waals surface area contributed by atoms with Gasteiger partial charge in [-0.15, -0.1) is 0 Å². The smallest absolute Gasteiger partial charge is 0.323 e. The fraction of sp³-hybridized carbons (Fsp3) is 0. The molecule has 0 aliphatic rings. The third-order valence-electron chi connectivity index (χ3n) is 1.85. The van der Waals surface area contributed by atoms with Crippen LogP contribution in [0, 0.1) is 17.1 Å². The molecule has 0 N–H and O–H groups in total. The molecule has 0 amide bonds. The summed E-state index contributed by atoms with van der Waals surface area (Å²) in [5.41, 5.74) is 0.171. The quantitative estimate of drug-likeness (QED) is 0.821. The molecular weight excluding hydrogens is 245 g/mol. The molecule has 0 spiro atoms. The fourth-order valence-corrected chi connectivity index (χ4v) is 1.22. The molecule has 2 aromatic rings. The molecular formula is C11H5ClFN3O. The Morgan fingerprint density at radius 1 is 1.35 bits per heavy atom. The second kappa shape index (κ2) is 4.76. The van der Waals surface area contributed by atoms with Crippen LogP contribution < -0.4 is 4.74 Å². The normalized spacial score (nSPS) is 9.71. The molecule has 0 saturated heterocycles. The van der Waals surface area contributed by atoms with Crippen molar-refractivity contribution in [2.24, 2.45) is 0 Å². The minimum absolute atomic E-state index is 0.00374. The van der Waals surface area contributed by atoms with Gasteiger partial charge in [-0.05, 0) is 18.2 Å². The van der Waals surface area contributed by atoms with Crippen LogP contribution in [0.15, 0.2) is 30.5 Å². The SMILES string of the molecule is N#Cc1ccnc(Oc2ccc(Cl)c(F)c2)n1. The van der Waals surface area contributed by atoms with Gasteiger partial charge < -0.3 is 4.74 Å². The number of nitrogens with zero attached hydrogens (tertiary/aromatic N) is 3. The van der Waals surface area contributed by atoms with Crippen molar-refractivity contribution in [2.45, 2.75) is 0 Å². The molecule has 6 heteroatoms. The number of rotatable bonds is 2. The molecule has 0 fully saturated rings. The standard InChI is InChI=1S/C11H5ClFN3O/c12-9-2-1-8(5-10(9)13)17-11-15-4-3-7(6-14)16-11/h1-5H. The molecule has 1 heterocycles. The van der Waals surface area contributed by atoms with Gasteiger partial charge in [-0.25, -0.2) is 9.37 Å². The van der Waals surface area contributed by atoms with Gasteiger partial charge in [0.25, 0.3) is 0 Å². The van der Waals surface area contributed by atoms with Crippen molar-refractivity contribution in [3.63, 3.8) is 0 Å². The molecule has 0 unspecified atom stereocenters. The highest BCUT2D eigenvalue weighted by atomic mass is 35.5. The van der Waals surface area contributed by atoms with Crippen LogP contribution in [0.5, 0.6) is 11.8 Å². The van der Waals surface area contributed by atoms with Crippen LogP contribution in [-0.2, 0) is 0 Å². The lowest BCUT2D eigenvalue weighted by molar-refractivity contribution is 0.437. The van der Waals surface area contributed by atoms with Gasteiger partial charge in [-0.2, -0.15) is 10.2 Å². The highest BCUT2D eigenvalue weighted by molar-refractivity contribution is 6.30. The number of aromatic nitrogens is 2. The Kier molecular flexibility index (Phi) is 3.17. The Labute approximate surface area is 101 Å². The van der Waals surface area contributed by atoms with Crippen LogP contribution in [0.1, 0.15) is 5.69 Å². The molecule has 0 radical (unpaired) electrons. The molecule has 4 nitrogen and oxygen atoms in total. The molecule has 2 rings (SSSR count). The van der Waals surface area contributed by atoms with Crippen molar-refractivity contribution >= 4 is 11.6 Å². The van der Waals surface area contributed by atoms with Crippen LogP contribution in [0.25, 0.3) is 0 Å². The van der Waals surface area contributed by atoms with E-state index >= 15 is 0 Å². The van der Waals surface area contributed by atoms with Crippen LogP contribution in [0.4, 0.5) is 4.39 Å². The fourth-order valence-electron chi connectivity index (χ4n) is 1.10. The zero-order valence-electron chi connectivity index (χ0n) is 8.39. The zero-order valence-corrected chi connectivity index (χ0v) is 9.15. The van der Waals surface area contributed by atoms with Crippen LogP contribution in [0.3, 0.4) is 0 Å². The number of ether oxygens (including phenoxy) is 1. The van der Waals surface area contributed by atoms with E-state index in [0.29, 0.717) is 0 Å². The highest BCUT2D eigenvalue weighted by Gasteiger charge is 2.05. The average molecular weight is 250 g/mol. The first-order valence-electron chi connectivity index (χ1n) is 4.55. The Morgan fingerprint density at radius 3 is 2.88 bits per heavy atom. The summed E-state index contributed by atoms with van der Waals surface area (Å²) < 4.78 is 18.3. The lowest BCUT2D eigenvalue weighted by Crippen LogP contribution is -1.93. The average Bonchev–Trinajstić information content (AvgIpc) is 2.34. The Hall–Kier alpha value is -2.19. The van der Waals surface area contributed by atoms with Crippen molar-refractivity contribution in [3.8, 4) is 17.8 Å². The number of nitriles is 1. The maximum absolute atomic E-state index is 13.1. The minimum atomic E-state index is -0.597. The van der Waals surface area contributed by atoms with Gasteiger partial charge in [-0.3, -0.25) is 0 Å². The van der Waals surface area contributed by atoms with Gasteiger partial charge in [0, 0.05) is 12.3 Å². The van der Waals surface area contributed by atoms with E-state index < -0.39 is 5.82 Å². The van der Waals surface area contributed by atoms with E-state index in [2.05, 4.69) is 9.97 Å². The molecule has 1 aromatic heterocycles. The van der Waals surface area contributed by atoms with Gasteiger partial charge in [0.15, 0.2) is 0 Å². The van der Waals surface area contributed by atoms with Gasteiger partial charge in [0.2, 0.25) is 0 Å². The Balaban J connectivity index is 2.25. The van der Waals surface area contributed by atoms with E-state index in [-0.39, 0.29) is 22.5 Å². The molecule has 0 saturated carbocycles. The van der Waals surface area contributed by atoms with Gasteiger partial charge in [0.05, 0.1) is 5.02 Å². The van der Waals surface area contributed by atoms with E-state index in [4.69, 9.17) is 21.6 Å². The molecule has 84 valence electrons. The highest BCUT2D eigenvalue weighted by Crippen LogP contribution is 2.23. The van der Waals surface area contributed by atoms with E-state index in [1.54, 1.807) is 0 Å². The number of hydrogen-bond donors (Lipinski definition) is 0. The number of halogens is 2. The summed E-state index contributed by atoms with van der Waals surface area (Å²) in [5, 5.41) is 8.64. The second-order valence-corrected chi connectivity index (χ2v) is 3.42. The first kappa shape index (κ1) is 11.3. The van der Waals surface area contributed by atoms with E-state index in [0.717, 1.165) is 6.07 Å². The largest absolute Gasteiger partial charge is 0.424 e. The summed E-state index contributed by atoms with van der Waals surface area (Å²) in [6.45, 7) is 0. The molecule has 17 heavy (non-hydrogen) atoms. The third kappa shape index (κ3) is 2.68. The van der Waals surface area contributed by atoms with E-state index in [1.165, 1.54) is 24.4 Å². The second-order valence-electron chi connectivity index (χ2n) is 3.01. The molecule has 1 aromatic carbocycles. The number of hydrogen-bond acceptors (Lipinski definition) is 4. The first-order chi connectivity index (χ1) is 8.19. The number of benzene rings is 1. The summed E-state index contributed by atoms with van der Waals surface area (Å²) in [5.74, 6) is -0.386. The minimum Gasteiger partial charge on any atom is -0.424 e. The summed E-state index contributed by atoms with van der Waals surface area (Å²) in [6, 6.07) is 7.22. The Bertz CT molecular complexity index is 598. The topological polar surface area (TPSA) is 58.8 Å². The van der Waals surface area contributed by atoms with Crippen LogP contribution in [0.2, 0.25) is 5.02 Å². The third-order valence-corrected chi connectivity index (χ3v) is 2.15. The summed E-state index contributed by atoms with van der Waals surface area (Å²) in [6.07, 6.45) is 1.38. The summed E-state index contributed by atoms with van der Waals surface area (Å²) in [7, 11) is 0. The van der Waals surface area contributed by atoms with E-state index in [9.17, 15) is 4.39 Å². The van der Waals surface area contributed by atoms with Crippen LogP contribution in [-0.4, -0.2) is 9.97 Å². The first-order valence-corrected chi connectivity index (χ1v) is 4.93. The predicted molar refractivity (Wildman–Crippen MR) is 58.2 cm³/mol. The van der Waals surface area contributed by atoms with Crippen molar-refractivity contribution < 1.29 is 9.13 Å². The summed E-state index contributed by atoms with van der Waals surface area (Å²) >= 11 is 5.53. The van der Waals surface area contributed by atoms with Crippen molar-refractivity contribution in [1.29, 1.82) is 5.26 Å². The van der Waals surface area contributed by atoms with E-state index in [1.807, 2.05) is 6.07 Å². The van der Waals surface area contributed by atoms with Gasteiger partial charge in [0.1, 0.15) is 23.3 Å². The van der Waals surface area contributed by atoms with Gasteiger partial charge >= 0.3 is 6.01 Å². The van der Waals surface area contributed by atoms with Crippen molar-refractivity contribution in [3.05, 3.63) is 47.0 Å². The van der Waals surface area contributed by atoms with Crippen LogP contribution >= 0.6 is 11.6 Å². The lowest BCUT2D eigenvalue weighted by atomic mass is 10.3. The monoisotopic (exact) mass is 249 g/mol. The molecule has 0 bridgehead atoms. The zero-order chi connectivity index (χ0) is 12.3.